The Kier molecular flexibility index (Phi) is 6.07. The van der Waals surface area contributed by atoms with E-state index in [0.717, 1.165) is 19.5 Å². The molecule has 0 aliphatic carbocycles. The third-order valence-electron chi connectivity index (χ3n) is 2.21. The standard InChI is InChI=1S/C12H20N4O2/c1-4-18-11(17)10-6-8-14-12(15-10)13-7-5-9-16(2)3/h6,8H,4-5,7,9H2,1-3H3,(H,13,14,15). The summed E-state index contributed by atoms with van der Waals surface area (Å²) in [5.41, 5.74) is 0.280. The summed E-state index contributed by atoms with van der Waals surface area (Å²) in [6, 6.07) is 1.54. The van der Waals surface area contributed by atoms with Crippen molar-refractivity contribution in [3.05, 3.63) is 18.0 Å². The van der Waals surface area contributed by atoms with Gasteiger partial charge in [-0.2, -0.15) is 0 Å². The zero-order valence-corrected chi connectivity index (χ0v) is 11.1. The molecule has 1 rings (SSSR count). The fourth-order valence-corrected chi connectivity index (χ4v) is 1.36. The number of hydrogen-bond donors (Lipinski definition) is 1. The van der Waals surface area contributed by atoms with E-state index in [0.29, 0.717) is 12.6 Å². The lowest BCUT2D eigenvalue weighted by Crippen LogP contribution is -2.17. The second-order valence-electron chi connectivity index (χ2n) is 4.07. The van der Waals surface area contributed by atoms with E-state index in [9.17, 15) is 4.79 Å². The topological polar surface area (TPSA) is 67.3 Å². The van der Waals surface area contributed by atoms with Crippen LogP contribution in [0.5, 0.6) is 0 Å². The molecule has 0 saturated heterocycles. The van der Waals surface area contributed by atoms with Crippen molar-refractivity contribution < 1.29 is 9.53 Å². The average molecular weight is 252 g/mol. The van der Waals surface area contributed by atoms with E-state index in [4.69, 9.17) is 4.74 Å². The van der Waals surface area contributed by atoms with Crippen molar-refractivity contribution in [2.45, 2.75) is 13.3 Å². The number of carbonyl (C=O) groups is 1. The minimum Gasteiger partial charge on any atom is -0.461 e. The molecule has 1 aromatic heterocycles. The smallest absolute Gasteiger partial charge is 0.357 e. The van der Waals surface area contributed by atoms with Crippen LogP contribution in [0.15, 0.2) is 12.3 Å². The van der Waals surface area contributed by atoms with Crippen LogP contribution in [0, 0.1) is 0 Å². The van der Waals surface area contributed by atoms with Gasteiger partial charge in [-0.1, -0.05) is 0 Å². The number of rotatable bonds is 7. The highest BCUT2D eigenvalue weighted by atomic mass is 16.5. The van der Waals surface area contributed by atoms with Gasteiger partial charge in [0.05, 0.1) is 6.61 Å². The minimum atomic E-state index is -0.420. The van der Waals surface area contributed by atoms with Gasteiger partial charge in [0.1, 0.15) is 0 Å². The van der Waals surface area contributed by atoms with E-state index < -0.39 is 5.97 Å². The van der Waals surface area contributed by atoms with Crippen molar-refractivity contribution in [2.75, 3.05) is 39.1 Å². The number of nitrogens with zero attached hydrogens (tertiary/aromatic N) is 3. The van der Waals surface area contributed by atoms with Gasteiger partial charge < -0.3 is 15.0 Å². The Bertz CT molecular complexity index is 382. The van der Waals surface area contributed by atoms with Crippen LogP contribution >= 0.6 is 0 Å². The monoisotopic (exact) mass is 252 g/mol. The molecule has 6 nitrogen and oxygen atoms in total. The SMILES string of the molecule is CCOC(=O)c1ccnc(NCCCN(C)C)n1. The van der Waals surface area contributed by atoms with Gasteiger partial charge >= 0.3 is 5.97 Å². The molecule has 0 amide bonds. The highest BCUT2D eigenvalue weighted by Crippen LogP contribution is 2.02. The van der Waals surface area contributed by atoms with Gasteiger partial charge in [-0.25, -0.2) is 14.8 Å². The predicted octanol–water partition coefficient (Wildman–Crippen LogP) is 1.02. The number of carbonyl (C=O) groups excluding carboxylic acids is 1. The highest BCUT2D eigenvalue weighted by molar-refractivity contribution is 5.87. The molecule has 1 N–H and O–H groups in total. The molecule has 1 heterocycles. The van der Waals surface area contributed by atoms with E-state index in [-0.39, 0.29) is 5.69 Å². The van der Waals surface area contributed by atoms with Crippen LogP contribution in [-0.4, -0.2) is 54.6 Å². The molecule has 1 aromatic rings. The lowest BCUT2D eigenvalue weighted by atomic mass is 10.4. The van der Waals surface area contributed by atoms with Gasteiger partial charge in [-0.05, 0) is 40.1 Å². The zero-order chi connectivity index (χ0) is 13.4. The Morgan fingerprint density at radius 1 is 1.50 bits per heavy atom. The van der Waals surface area contributed by atoms with E-state index in [2.05, 4.69) is 20.2 Å². The van der Waals surface area contributed by atoms with Gasteiger partial charge in [0.2, 0.25) is 5.95 Å². The first-order valence-corrected chi connectivity index (χ1v) is 6.02. The number of anilines is 1. The summed E-state index contributed by atoms with van der Waals surface area (Å²) in [6.07, 6.45) is 2.54. The molecule has 0 radical (unpaired) electrons. The highest BCUT2D eigenvalue weighted by Gasteiger charge is 2.08. The molecule has 0 unspecified atom stereocenters. The average Bonchev–Trinajstić information content (AvgIpc) is 2.35. The van der Waals surface area contributed by atoms with Crippen LogP contribution in [-0.2, 0) is 4.74 Å². The summed E-state index contributed by atoms with van der Waals surface area (Å²) < 4.78 is 4.88. The van der Waals surface area contributed by atoms with E-state index in [1.807, 2.05) is 14.1 Å². The van der Waals surface area contributed by atoms with Gasteiger partial charge in [-0.15, -0.1) is 0 Å². The lowest BCUT2D eigenvalue weighted by Gasteiger charge is -2.10. The summed E-state index contributed by atoms with van der Waals surface area (Å²) >= 11 is 0. The van der Waals surface area contributed by atoms with Crippen LogP contribution in [0.25, 0.3) is 0 Å². The summed E-state index contributed by atoms with van der Waals surface area (Å²) in [7, 11) is 4.05. The zero-order valence-electron chi connectivity index (χ0n) is 11.1. The first-order chi connectivity index (χ1) is 8.63. The molecule has 100 valence electrons. The third-order valence-corrected chi connectivity index (χ3v) is 2.21. The number of hydrogen-bond acceptors (Lipinski definition) is 6. The molecule has 0 atom stereocenters. The second kappa shape index (κ2) is 7.60. The number of nitrogens with one attached hydrogen (secondary N) is 1. The molecule has 0 aromatic carbocycles. The molecule has 0 aliphatic heterocycles. The first kappa shape index (κ1) is 14.4. The molecular weight excluding hydrogens is 232 g/mol. The molecule has 0 aliphatic rings. The van der Waals surface area contributed by atoms with Crippen molar-refractivity contribution in [1.82, 2.24) is 14.9 Å². The third kappa shape index (κ3) is 5.09. The fourth-order valence-electron chi connectivity index (χ4n) is 1.36. The quantitative estimate of drug-likeness (QED) is 0.577. The van der Waals surface area contributed by atoms with Crippen LogP contribution in [0.2, 0.25) is 0 Å². The Morgan fingerprint density at radius 3 is 2.94 bits per heavy atom. The van der Waals surface area contributed by atoms with Crippen LogP contribution < -0.4 is 5.32 Å². The number of ether oxygens (including phenoxy) is 1. The number of esters is 1. The summed E-state index contributed by atoms with van der Waals surface area (Å²) in [6.45, 7) is 3.86. The molecule has 0 fully saturated rings. The molecule has 0 bridgehead atoms. The van der Waals surface area contributed by atoms with Crippen molar-refractivity contribution in [1.29, 1.82) is 0 Å². The molecule has 0 spiro atoms. The van der Waals surface area contributed by atoms with E-state index in [1.54, 1.807) is 19.2 Å². The van der Waals surface area contributed by atoms with Gasteiger partial charge in [0, 0.05) is 12.7 Å². The molecule has 6 heteroatoms. The van der Waals surface area contributed by atoms with E-state index in [1.165, 1.54) is 0 Å². The Morgan fingerprint density at radius 2 is 2.28 bits per heavy atom. The maximum absolute atomic E-state index is 11.5. The Balaban J connectivity index is 2.46. The Hall–Kier alpha value is -1.69. The second-order valence-corrected chi connectivity index (χ2v) is 4.07. The molecular formula is C12H20N4O2. The molecule has 0 saturated carbocycles. The lowest BCUT2D eigenvalue weighted by molar-refractivity contribution is 0.0519. The fraction of sp³-hybridized carbons (Fsp3) is 0.583. The van der Waals surface area contributed by atoms with Crippen molar-refractivity contribution >= 4 is 11.9 Å². The van der Waals surface area contributed by atoms with Crippen molar-refractivity contribution in [2.24, 2.45) is 0 Å². The first-order valence-electron chi connectivity index (χ1n) is 6.02. The van der Waals surface area contributed by atoms with Crippen molar-refractivity contribution in [3.63, 3.8) is 0 Å². The normalized spacial score (nSPS) is 10.4. The maximum atomic E-state index is 11.5. The minimum absolute atomic E-state index is 0.280. The van der Waals surface area contributed by atoms with Crippen molar-refractivity contribution in [3.8, 4) is 0 Å². The van der Waals surface area contributed by atoms with Gasteiger partial charge in [-0.3, -0.25) is 0 Å². The molecule has 18 heavy (non-hydrogen) atoms. The summed E-state index contributed by atoms with van der Waals surface area (Å²) in [5, 5.41) is 3.08. The number of aromatic nitrogens is 2. The van der Waals surface area contributed by atoms with Gasteiger partial charge in [0.15, 0.2) is 5.69 Å². The summed E-state index contributed by atoms with van der Waals surface area (Å²) in [4.78, 5) is 21.7. The van der Waals surface area contributed by atoms with Crippen LogP contribution in [0.1, 0.15) is 23.8 Å². The Labute approximate surface area is 107 Å². The maximum Gasteiger partial charge on any atom is 0.357 e. The van der Waals surface area contributed by atoms with Crippen LogP contribution in [0.3, 0.4) is 0 Å². The van der Waals surface area contributed by atoms with E-state index >= 15 is 0 Å². The van der Waals surface area contributed by atoms with Crippen LogP contribution in [0.4, 0.5) is 5.95 Å². The predicted molar refractivity (Wildman–Crippen MR) is 69.6 cm³/mol. The van der Waals surface area contributed by atoms with Gasteiger partial charge in [0.25, 0.3) is 0 Å². The largest absolute Gasteiger partial charge is 0.461 e. The summed E-state index contributed by atoms with van der Waals surface area (Å²) in [5.74, 6) is 0.0375.